The molecule has 3 aromatic heterocycles. The number of phenolic OH excluding ortho intramolecular Hbond substituents is 1. The summed E-state index contributed by atoms with van der Waals surface area (Å²) < 4.78 is 171. The summed E-state index contributed by atoms with van der Waals surface area (Å²) >= 11 is 3.01. The summed E-state index contributed by atoms with van der Waals surface area (Å²) in [6.45, 7) is 3.25. The van der Waals surface area contributed by atoms with Gasteiger partial charge in [-0.1, -0.05) is 124 Å². The Kier molecular flexibility index (Phi) is 45.2. The van der Waals surface area contributed by atoms with Crippen LogP contribution in [0.4, 0.5) is 39.5 Å². The van der Waals surface area contributed by atoms with Crippen molar-refractivity contribution in [2.24, 2.45) is 0 Å². The van der Waals surface area contributed by atoms with Crippen molar-refractivity contribution in [1.29, 1.82) is 0 Å². The molecule has 0 saturated carbocycles. The van der Waals surface area contributed by atoms with Gasteiger partial charge in [-0.2, -0.15) is 39.5 Å². The number of alkyl halides is 10. The molecule has 0 amide bonds. The number of esters is 2. The fourth-order valence-corrected chi connectivity index (χ4v) is 9.97. The zero-order chi connectivity index (χ0) is 76.2. The van der Waals surface area contributed by atoms with Gasteiger partial charge in [-0.3, -0.25) is 9.59 Å². The van der Waals surface area contributed by atoms with Crippen molar-refractivity contribution in [3.05, 3.63) is 234 Å². The summed E-state index contributed by atoms with van der Waals surface area (Å²) in [5, 5.41) is 28.0. The Labute approximate surface area is 750 Å². The number of carbonyl (C=O) groups is 4. The Morgan fingerprint density at radius 2 is 0.805 bits per heavy atom. The van der Waals surface area contributed by atoms with Crippen LogP contribution in [0.15, 0.2) is 213 Å². The fourth-order valence-electron chi connectivity index (χ4n) is 9.55. The number of halogens is 10. The van der Waals surface area contributed by atoms with Crippen molar-refractivity contribution in [3.8, 4) is 68.9 Å². The molecule has 0 fully saturated rings. The number of rotatable bonds is 19. The molecule has 12 rings (SSSR count). The average molecular weight is 1700 g/mol. The van der Waals surface area contributed by atoms with Crippen LogP contribution in [0.5, 0.6) is 34.5 Å². The molecule has 12 aromatic rings. The summed E-state index contributed by atoms with van der Waals surface area (Å²) in [6.07, 6.45) is -16.8. The number of methoxy groups -OCH3 is 3. The van der Waals surface area contributed by atoms with Crippen molar-refractivity contribution in [2.75, 3.05) is 34.5 Å². The number of ether oxygens (including phenoxy) is 7. The number of aromatic hydroxyl groups is 1. The average Bonchev–Trinajstić information content (AvgIpc) is 1.10. The predicted molar refractivity (Wildman–Crippen MR) is 390 cm³/mol. The first-order valence-electron chi connectivity index (χ1n) is 30.7. The quantitative estimate of drug-likeness (QED) is 0.0144. The van der Waals surface area contributed by atoms with Gasteiger partial charge < -0.3 is 73.7 Å². The van der Waals surface area contributed by atoms with Gasteiger partial charge in [-0.05, 0) is 141 Å². The molecule has 22 nitrogen and oxygen atoms in total. The molecular formula is C78H76BrF9K2LiN3O19. The molecular weight excluding hydrogens is 1620 g/mol. The minimum Gasteiger partial charge on any atom is -1.00 e. The van der Waals surface area contributed by atoms with Gasteiger partial charge in [-0.15, -0.1) is 0 Å². The Balaban J connectivity index is 0. The van der Waals surface area contributed by atoms with Gasteiger partial charge in [0.1, 0.15) is 55.9 Å². The van der Waals surface area contributed by atoms with Crippen LogP contribution in [0.2, 0.25) is 0 Å². The summed E-state index contributed by atoms with van der Waals surface area (Å²) in [6, 6.07) is 48.7. The summed E-state index contributed by atoms with van der Waals surface area (Å²) in [7, 11) is 4.51. The molecule has 590 valence electrons. The van der Waals surface area contributed by atoms with Gasteiger partial charge in [-0.25, -0.2) is 24.5 Å². The number of carbonyl (C=O) groups excluding carboxylic acids is 3. The third-order valence-corrected chi connectivity index (χ3v) is 15.3. The molecule has 9 aromatic carbocycles. The van der Waals surface area contributed by atoms with E-state index in [-0.39, 0.29) is 224 Å². The van der Waals surface area contributed by atoms with Crippen molar-refractivity contribution in [2.45, 2.75) is 79.1 Å². The molecule has 3 N–H and O–H groups in total. The first-order chi connectivity index (χ1) is 50.1. The van der Waals surface area contributed by atoms with Crippen LogP contribution in [0.3, 0.4) is 0 Å². The number of benzene rings is 9. The molecule has 0 saturated heterocycles. The zero-order valence-electron chi connectivity index (χ0n) is 59.8. The van der Waals surface area contributed by atoms with E-state index in [1.54, 1.807) is 99.8 Å². The number of fused-ring (bicyclic) bond motifs is 3. The largest absolute Gasteiger partial charge is 1.00 e. The standard InChI is InChI=1S/C25H20F3NO5.C23H16F3NO5.C14H11NO3.C11H10BrF3O2.CH2O3.4CH4.2K.Li.H2O.H/c1-3-32-24(30)22(15-7-6-8-16(13-15)25(26,27)28)33-20-12-11-17(31-2)14-18(20)23-29-19-9-4-5-10-21(19)34-23;1-30-15-9-10-18(16(12-15)21-27-17-7-2-3-8-19(17)32-21)31-20(22(28)29)13-5-4-6-14(11-13)23(24,25)26;1-17-9-6-7-12(16)10(8-9)14-15-11-4-2-3-5-13(11)18-14;1-2-17-10(16)9(12)7-4-3-5-8(6-7)11(13,14)15;2-1-4-3;;;;;;;;;/h4-14,22H,3H2,1-2H3;2-12,20H,1H3,(H,28,29);2-8,16H,1H3;3-6,9H,2H2,1H3;1,3H;4*1H4;;;;1H2;/q;;;;;;;;;3*+1;;-1/p-2. The van der Waals surface area contributed by atoms with Crippen LogP contribution >= 0.6 is 15.9 Å². The van der Waals surface area contributed by atoms with Crippen molar-refractivity contribution in [1.82, 2.24) is 15.0 Å². The Bertz CT molecular complexity index is 4880. The SMILES string of the molecule is C.C.C.C.CCOC(=O)C(Br)c1cccc(C(F)(F)F)c1.CCOC(=O)C(Oc1ccc(OC)cc1-c1nc2ccccc2o1)c1cccc(C(F)(F)F)c1.COc1ccc(O)c(-c2nc3ccccc3o2)c1.COc1ccc(OC(C(=O)O)c2cccc(C(F)(F)F)c2)c(-c2nc3ccccc3o2)c1.O=CO[O-].[H-].[K+].[K+].[Li+].[OH-]. The van der Waals surface area contributed by atoms with Gasteiger partial charge in [0.2, 0.25) is 29.9 Å². The second kappa shape index (κ2) is 48.8. The summed E-state index contributed by atoms with van der Waals surface area (Å²) in [5.74, 6) is -0.298. The normalized spacial score (nSPS) is 11.2. The van der Waals surface area contributed by atoms with Crippen LogP contribution in [0.1, 0.15) is 95.4 Å². The minimum absolute atomic E-state index is 0. The number of carboxylic acids is 1. The molecule has 0 radical (unpaired) electrons. The van der Waals surface area contributed by atoms with Crippen molar-refractivity contribution in [3.63, 3.8) is 0 Å². The third-order valence-electron chi connectivity index (χ3n) is 14.4. The molecule has 113 heavy (non-hydrogen) atoms. The van der Waals surface area contributed by atoms with Crippen LogP contribution in [-0.2, 0) is 52.1 Å². The number of phenols is 1. The zero-order valence-corrected chi connectivity index (χ0v) is 66.6. The molecule has 3 unspecified atom stereocenters. The van der Waals surface area contributed by atoms with E-state index in [0.717, 1.165) is 48.0 Å². The van der Waals surface area contributed by atoms with E-state index < -0.39 is 70.2 Å². The summed E-state index contributed by atoms with van der Waals surface area (Å²) in [4.78, 5) is 59.5. The maximum absolute atomic E-state index is 13.3. The van der Waals surface area contributed by atoms with Gasteiger partial charge in [0.15, 0.2) is 16.7 Å². The number of carboxylic acid groups (broad SMARTS) is 1. The maximum atomic E-state index is 13.3. The van der Waals surface area contributed by atoms with Crippen molar-refractivity contribution < 1.29 is 254 Å². The van der Waals surface area contributed by atoms with Crippen LogP contribution in [0, 0.1) is 0 Å². The molecule has 0 spiro atoms. The molecule has 35 heteroatoms. The first kappa shape index (κ1) is 105. The van der Waals surface area contributed by atoms with Crippen LogP contribution < -0.4 is 151 Å². The molecule has 3 atom stereocenters. The second-order valence-corrected chi connectivity index (χ2v) is 22.2. The van der Waals surface area contributed by atoms with E-state index >= 15 is 0 Å². The molecule has 0 aliphatic heterocycles. The molecule has 3 heterocycles. The van der Waals surface area contributed by atoms with Gasteiger partial charge >= 0.3 is 158 Å². The number of oxazole rings is 3. The summed E-state index contributed by atoms with van der Waals surface area (Å²) in [5.41, 5.74) is 2.22. The molecule has 0 aliphatic rings. The number of hydrogen-bond donors (Lipinski definition) is 2. The third kappa shape index (κ3) is 28.9. The Morgan fingerprint density at radius 3 is 1.15 bits per heavy atom. The van der Waals surface area contributed by atoms with Crippen molar-refractivity contribution >= 4 is 73.6 Å². The van der Waals surface area contributed by atoms with Crippen LogP contribution in [-0.4, -0.2) is 89.6 Å². The van der Waals surface area contributed by atoms with E-state index in [2.05, 4.69) is 35.8 Å². The van der Waals surface area contributed by atoms with E-state index in [0.29, 0.717) is 67.6 Å². The topological polar surface area (TPSA) is 314 Å². The van der Waals surface area contributed by atoms with Gasteiger partial charge in [0.05, 0.1) is 67.9 Å². The van der Waals surface area contributed by atoms with Gasteiger partial charge in [0.25, 0.3) is 6.47 Å². The van der Waals surface area contributed by atoms with Gasteiger partial charge in [0, 0.05) is 11.1 Å². The number of aromatic nitrogens is 3. The predicted octanol–water partition coefficient (Wildman–Crippen LogP) is 10.8. The minimum atomic E-state index is -4.62. The smallest absolute Gasteiger partial charge is 1.00 e. The number of para-hydroxylation sites is 6. The number of nitrogens with zero attached hydrogens (tertiary/aromatic N) is 3. The Hall–Kier alpha value is -8.29. The monoisotopic (exact) mass is 1690 g/mol. The first-order valence-corrected chi connectivity index (χ1v) is 31.6. The number of hydrogen-bond acceptors (Lipinski definition) is 21. The van der Waals surface area contributed by atoms with E-state index in [4.69, 9.17) is 56.5 Å². The van der Waals surface area contributed by atoms with E-state index in [1.165, 1.54) is 62.8 Å². The Morgan fingerprint density at radius 1 is 0.487 bits per heavy atom. The van der Waals surface area contributed by atoms with Crippen LogP contribution in [0.25, 0.3) is 67.7 Å². The number of aliphatic carboxylic acids is 1. The molecule has 0 bridgehead atoms. The van der Waals surface area contributed by atoms with E-state index in [9.17, 15) is 64.1 Å². The second-order valence-electron chi connectivity index (χ2n) is 21.3. The fraction of sp³-hybridized carbons (Fsp3) is 0.218. The maximum Gasteiger partial charge on any atom is 1.00 e. The molecule has 0 aliphatic carbocycles. The van der Waals surface area contributed by atoms with E-state index in [1.807, 2.05) is 30.3 Å².